The van der Waals surface area contributed by atoms with Crippen LogP contribution in [0.4, 0.5) is 0 Å². The maximum atomic E-state index is 10.7. The van der Waals surface area contributed by atoms with Crippen LogP contribution in [-0.2, 0) is 0 Å². The van der Waals surface area contributed by atoms with Crippen molar-refractivity contribution in [1.82, 2.24) is 0 Å². The third-order valence-corrected chi connectivity index (χ3v) is 3.88. The number of fused-ring (bicyclic) bond motifs is 1. The van der Waals surface area contributed by atoms with E-state index in [0.29, 0.717) is 27.7 Å². The van der Waals surface area contributed by atoms with Crippen LogP contribution in [0.3, 0.4) is 0 Å². The van der Waals surface area contributed by atoms with Crippen molar-refractivity contribution in [1.29, 1.82) is 0 Å². The first-order valence-corrected chi connectivity index (χ1v) is 7.16. The van der Waals surface area contributed by atoms with E-state index in [1.54, 1.807) is 18.2 Å². The van der Waals surface area contributed by atoms with Crippen molar-refractivity contribution < 1.29 is 9.84 Å². The first-order chi connectivity index (χ1) is 10.1. The molecule has 1 aliphatic rings. The van der Waals surface area contributed by atoms with Crippen molar-refractivity contribution in [3.05, 3.63) is 70.3 Å². The van der Waals surface area contributed by atoms with Crippen LogP contribution in [0.2, 0.25) is 5.02 Å². The second-order valence-electron chi connectivity index (χ2n) is 5.10. The maximum absolute atomic E-state index is 10.7. The molecule has 108 valence electrons. The lowest BCUT2D eigenvalue weighted by atomic mass is 9.90. The fraction of sp³-hybridized carbons (Fsp3) is 0.176. The number of hydrogen-bond donors (Lipinski definition) is 2. The maximum Gasteiger partial charge on any atom is 0.152 e. The van der Waals surface area contributed by atoms with Crippen LogP contribution in [0.1, 0.15) is 24.2 Å². The summed E-state index contributed by atoms with van der Waals surface area (Å²) >= 11 is 6.20. The van der Waals surface area contributed by atoms with E-state index >= 15 is 0 Å². The summed E-state index contributed by atoms with van der Waals surface area (Å²) in [5, 5.41) is 11.1. The molecule has 1 aliphatic heterocycles. The summed E-state index contributed by atoms with van der Waals surface area (Å²) in [7, 11) is 0. The molecule has 3 nitrogen and oxygen atoms in total. The van der Waals surface area contributed by atoms with Gasteiger partial charge in [0.2, 0.25) is 0 Å². The van der Waals surface area contributed by atoms with E-state index in [4.69, 9.17) is 22.1 Å². The van der Waals surface area contributed by atoms with Gasteiger partial charge in [0.05, 0.1) is 5.02 Å². The number of hydrogen-bond acceptors (Lipinski definition) is 3. The number of aliphatic hydroxyl groups is 1. The van der Waals surface area contributed by atoms with Crippen molar-refractivity contribution in [2.75, 3.05) is 0 Å². The zero-order valence-corrected chi connectivity index (χ0v) is 12.3. The Hall–Kier alpha value is -1.81. The predicted octanol–water partition coefficient (Wildman–Crippen LogP) is 3.52. The molecule has 0 amide bonds. The summed E-state index contributed by atoms with van der Waals surface area (Å²) < 4.78 is 6.00. The van der Waals surface area contributed by atoms with Gasteiger partial charge in [0, 0.05) is 22.7 Å². The third kappa shape index (κ3) is 2.44. The van der Waals surface area contributed by atoms with Crippen LogP contribution >= 0.6 is 11.6 Å². The Morgan fingerprint density at radius 3 is 2.52 bits per heavy atom. The van der Waals surface area contributed by atoms with Gasteiger partial charge in [0.15, 0.2) is 5.75 Å². The van der Waals surface area contributed by atoms with E-state index in [1.165, 1.54) is 0 Å². The monoisotopic (exact) mass is 301 g/mol. The van der Waals surface area contributed by atoms with E-state index in [9.17, 15) is 5.11 Å². The highest BCUT2D eigenvalue weighted by molar-refractivity contribution is 6.32. The van der Waals surface area contributed by atoms with Gasteiger partial charge in [0.25, 0.3) is 0 Å². The van der Waals surface area contributed by atoms with Crippen LogP contribution in [0.25, 0.3) is 5.76 Å². The van der Waals surface area contributed by atoms with E-state index in [1.807, 2.05) is 37.3 Å². The summed E-state index contributed by atoms with van der Waals surface area (Å²) in [6.07, 6.45) is -0.817. The molecule has 3 rings (SSSR count). The lowest BCUT2D eigenvalue weighted by Gasteiger charge is -2.30. The smallest absolute Gasteiger partial charge is 0.152 e. The van der Waals surface area contributed by atoms with Gasteiger partial charge in [-0.25, -0.2) is 0 Å². The first-order valence-electron chi connectivity index (χ1n) is 6.79. The topological polar surface area (TPSA) is 55.5 Å². The summed E-state index contributed by atoms with van der Waals surface area (Å²) in [6.45, 7) is 1.83. The standard InChI is InChI=1S/C17H16ClNO2/c1-10(19)14-15(20)12-8-5-9-13(18)17(12)21-16(14)11-6-3-2-4-7-11/h2-10,15,20H,19H2,1H3. The Labute approximate surface area is 128 Å². The summed E-state index contributed by atoms with van der Waals surface area (Å²) in [5.41, 5.74) is 8.23. The molecule has 0 spiro atoms. The number of aliphatic hydroxyl groups excluding tert-OH is 1. The molecule has 3 N–H and O–H groups in total. The molecule has 2 aromatic carbocycles. The fourth-order valence-corrected chi connectivity index (χ4v) is 2.79. The molecular formula is C17H16ClNO2. The number of ether oxygens (including phenoxy) is 1. The second-order valence-corrected chi connectivity index (χ2v) is 5.51. The number of para-hydroxylation sites is 1. The average Bonchev–Trinajstić information content (AvgIpc) is 2.48. The van der Waals surface area contributed by atoms with E-state index in [-0.39, 0.29) is 6.04 Å². The van der Waals surface area contributed by atoms with Crippen molar-refractivity contribution >= 4 is 17.4 Å². The molecule has 2 aromatic rings. The van der Waals surface area contributed by atoms with Crippen molar-refractivity contribution in [3.63, 3.8) is 0 Å². The Morgan fingerprint density at radius 1 is 1.14 bits per heavy atom. The van der Waals surface area contributed by atoms with Gasteiger partial charge in [-0.05, 0) is 13.0 Å². The highest BCUT2D eigenvalue weighted by Crippen LogP contribution is 2.44. The van der Waals surface area contributed by atoms with Crippen molar-refractivity contribution in [3.8, 4) is 5.75 Å². The quantitative estimate of drug-likeness (QED) is 0.892. The molecule has 0 bridgehead atoms. The highest BCUT2D eigenvalue weighted by atomic mass is 35.5. The molecular weight excluding hydrogens is 286 g/mol. The van der Waals surface area contributed by atoms with E-state index < -0.39 is 6.10 Å². The summed E-state index contributed by atoms with van der Waals surface area (Å²) in [6, 6.07) is 14.6. The lowest BCUT2D eigenvalue weighted by Crippen LogP contribution is -2.28. The van der Waals surface area contributed by atoms with Gasteiger partial charge in [0.1, 0.15) is 11.9 Å². The zero-order valence-electron chi connectivity index (χ0n) is 11.6. The van der Waals surface area contributed by atoms with Crippen molar-refractivity contribution in [2.45, 2.75) is 19.1 Å². The Bertz CT molecular complexity index is 695. The minimum absolute atomic E-state index is 0.331. The van der Waals surface area contributed by atoms with Gasteiger partial charge in [-0.15, -0.1) is 0 Å². The molecule has 2 atom stereocenters. The molecule has 21 heavy (non-hydrogen) atoms. The van der Waals surface area contributed by atoms with Crippen LogP contribution in [0.15, 0.2) is 54.1 Å². The van der Waals surface area contributed by atoms with Crippen LogP contribution in [0, 0.1) is 0 Å². The Kier molecular flexibility index (Phi) is 3.72. The highest BCUT2D eigenvalue weighted by Gasteiger charge is 2.32. The summed E-state index contributed by atoms with van der Waals surface area (Å²) in [4.78, 5) is 0. The number of rotatable bonds is 2. The normalized spacial score (nSPS) is 19.0. The van der Waals surface area contributed by atoms with E-state index in [2.05, 4.69) is 0 Å². The molecule has 0 aromatic heterocycles. The van der Waals surface area contributed by atoms with Gasteiger partial charge in [-0.2, -0.15) is 0 Å². The molecule has 4 heteroatoms. The van der Waals surface area contributed by atoms with E-state index in [0.717, 1.165) is 5.56 Å². The van der Waals surface area contributed by atoms with Gasteiger partial charge in [-0.1, -0.05) is 54.1 Å². The molecule has 0 saturated heterocycles. The minimum Gasteiger partial charge on any atom is -0.455 e. The van der Waals surface area contributed by atoms with Crippen molar-refractivity contribution in [2.24, 2.45) is 5.73 Å². The van der Waals surface area contributed by atoms with Crippen LogP contribution in [-0.4, -0.2) is 11.1 Å². The largest absolute Gasteiger partial charge is 0.455 e. The molecule has 0 saturated carbocycles. The average molecular weight is 302 g/mol. The molecule has 0 aliphatic carbocycles. The summed E-state index contributed by atoms with van der Waals surface area (Å²) in [5.74, 6) is 1.08. The van der Waals surface area contributed by atoms with Crippen LogP contribution in [0.5, 0.6) is 5.75 Å². The van der Waals surface area contributed by atoms with Gasteiger partial charge < -0.3 is 15.6 Å². The third-order valence-electron chi connectivity index (χ3n) is 3.58. The molecule has 0 fully saturated rings. The predicted molar refractivity (Wildman–Crippen MR) is 84.1 cm³/mol. The molecule has 0 radical (unpaired) electrons. The second kappa shape index (κ2) is 5.53. The molecule has 1 heterocycles. The number of halogens is 1. The minimum atomic E-state index is -0.817. The Morgan fingerprint density at radius 2 is 1.86 bits per heavy atom. The number of nitrogens with two attached hydrogens (primary N) is 1. The van der Waals surface area contributed by atoms with Gasteiger partial charge in [-0.3, -0.25) is 0 Å². The first kappa shape index (κ1) is 14.1. The fourth-order valence-electron chi connectivity index (χ4n) is 2.57. The zero-order chi connectivity index (χ0) is 15.0. The van der Waals surface area contributed by atoms with Crippen LogP contribution < -0.4 is 10.5 Å². The lowest BCUT2D eigenvalue weighted by molar-refractivity contribution is 0.196. The molecule has 2 unspecified atom stereocenters. The Balaban J connectivity index is 2.20. The SMILES string of the molecule is CC(N)C1=C(c2ccccc2)Oc2c(Cl)cccc2C1O. The van der Waals surface area contributed by atoms with Gasteiger partial charge >= 0.3 is 0 Å². The number of benzene rings is 2.